The Morgan fingerprint density at radius 3 is 2.41 bits per heavy atom. The Morgan fingerprint density at radius 2 is 1.88 bits per heavy atom. The average molecular weight is 234 g/mol. The highest BCUT2D eigenvalue weighted by atomic mass is 16.5. The molecule has 0 radical (unpaired) electrons. The Bertz CT molecular complexity index is 589. The van der Waals surface area contributed by atoms with E-state index in [9.17, 15) is 9.59 Å². The summed E-state index contributed by atoms with van der Waals surface area (Å²) in [6.45, 7) is 0. The van der Waals surface area contributed by atoms with Crippen molar-refractivity contribution in [2.45, 2.75) is 0 Å². The summed E-state index contributed by atoms with van der Waals surface area (Å²) in [7, 11) is 2.93. The third kappa shape index (κ3) is 1.63. The van der Waals surface area contributed by atoms with Crippen LogP contribution in [0.5, 0.6) is 11.5 Å². The van der Waals surface area contributed by atoms with Crippen LogP contribution in [0, 0.1) is 0 Å². The number of hydrogen-bond donors (Lipinski definition) is 1. The van der Waals surface area contributed by atoms with Crippen molar-refractivity contribution in [3.63, 3.8) is 0 Å². The quantitative estimate of drug-likeness (QED) is 0.804. The lowest BCUT2D eigenvalue weighted by molar-refractivity contribution is 0.110. The molecule has 0 saturated heterocycles. The van der Waals surface area contributed by atoms with Crippen LogP contribution in [0.4, 0.5) is 0 Å². The van der Waals surface area contributed by atoms with E-state index < -0.39 is 0 Å². The highest BCUT2D eigenvalue weighted by Crippen LogP contribution is 2.33. The zero-order valence-corrected chi connectivity index (χ0v) is 9.31. The monoisotopic (exact) mass is 234 g/mol. The van der Waals surface area contributed by atoms with E-state index in [1.807, 2.05) is 0 Å². The van der Waals surface area contributed by atoms with Gasteiger partial charge in [-0.3, -0.25) is 9.59 Å². The summed E-state index contributed by atoms with van der Waals surface area (Å²) >= 11 is 0. The van der Waals surface area contributed by atoms with Crippen molar-refractivity contribution >= 4 is 23.6 Å². The standard InChI is InChI=1S/C11H10N2O4/c1-16-7-3-8(17-2)11-10(6(7)4-14)12-9(5-15)13-11/h3-5H,1-2H3,(H,12,13). The molecule has 6 heteroatoms. The van der Waals surface area contributed by atoms with Crippen LogP contribution in [0.25, 0.3) is 11.0 Å². The number of ether oxygens (including phenoxy) is 2. The first kappa shape index (κ1) is 11.1. The number of hydrogen-bond acceptors (Lipinski definition) is 5. The Morgan fingerprint density at radius 1 is 1.18 bits per heavy atom. The van der Waals surface area contributed by atoms with Crippen LogP contribution in [-0.4, -0.2) is 36.8 Å². The lowest BCUT2D eigenvalue weighted by Gasteiger charge is -2.07. The highest BCUT2D eigenvalue weighted by Gasteiger charge is 2.16. The molecule has 0 unspecified atom stereocenters. The first-order chi connectivity index (χ1) is 8.24. The maximum absolute atomic E-state index is 11.0. The van der Waals surface area contributed by atoms with Gasteiger partial charge in [0.15, 0.2) is 18.4 Å². The van der Waals surface area contributed by atoms with Crippen LogP contribution in [-0.2, 0) is 0 Å². The number of rotatable bonds is 4. The number of carbonyl (C=O) groups excluding carboxylic acids is 2. The summed E-state index contributed by atoms with van der Waals surface area (Å²) in [6.07, 6.45) is 1.20. The molecule has 0 fully saturated rings. The van der Waals surface area contributed by atoms with Crippen LogP contribution in [0.15, 0.2) is 6.07 Å². The Hall–Kier alpha value is -2.37. The predicted molar refractivity (Wildman–Crippen MR) is 60.0 cm³/mol. The number of aromatic nitrogens is 2. The molecule has 0 aliphatic rings. The minimum absolute atomic E-state index is 0.134. The lowest BCUT2D eigenvalue weighted by atomic mass is 10.1. The Kier molecular flexibility index (Phi) is 2.78. The topological polar surface area (TPSA) is 81.3 Å². The normalized spacial score (nSPS) is 10.2. The second-order valence-corrected chi connectivity index (χ2v) is 3.28. The van der Waals surface area contributed by atoms with E-state index in [0.717, 1.165) is 0 Å². The summed E-state index contributed by atoms with van der Waals surface area (Å²) in [4.78, 5) is 28.5. The van der Waals surface area contributed by atoms with E-state index in [0.29, 0.717) is 35.1 Å². The van der Waals surface area contributed by atoms with E-state index in [1.54, 1.807) is 6.07 Å². The van der Waals surface area contributed by atoms with Crippen molar-refractivity contribution in [1.29, 1.82) is 0 Å². The number of nitrogens with one attached hydrogen (secondary N) is 1. The number of nitrogens with zero attached hydrogens (tertiary/aromatic N) is 1. The molecule has 0 bridgehead atoms. The summed E-state index contributed by atoms with van der Waals surface area (Å²) < 4.78 is 10.2. The predicted octanol–water partition coefficient (Wildman–Crippen LogP) is 1.21. The van der Waals surface area contributed by atoms with Crippen LogP contribution >= 0.6 is 0 Å². The SMILES string of the molecule is COc1cc(OC)c2[nH]c(C=O)nc2c1C=O. The number of benzene rings is 1. The van der Waals surface area contributed by atoms with Crippen molar-refractivity contribution in [1.82, 2.24) is 9.97 Å². The molecule has 0 aliphatic heterocycles. The van der Waals surface area contributed by atoms with Gasteiger partial charge in [0.05, 0.1) is 19.8 Å². The fraction of sp³-hybridized carbons (Fsp3) is 0.182. The van der Waals surface area contributed by atoms with Crippen molar-refractivity contribution in [2.75, 3.05) is 14.2 Å². The molecule has 1 heterocycles. The van der Waals surface area contributed by atoms with Crippen molar-refractivity contribution < 1.29 is 19.1 Å². The number of H-pyrrole nitrogens is 1. The van der Waals surface area contributed by atoms with E-state index in [1.165, 1.54) is 14.2 Å². The Labute approximate surface area is 96.6 Å². The molecule has 0 atom stereocenters. The van der Waals surface area contributed by atoms with E-state index >= 15 is 0 Å². The third-order valence-corrected chi connectivity index (χ3v) is 2.42. The fourth-order valence-corrected chi connectivity index (χ4v) is 1.65. The molecule has 1 N–H and O–H groups in total. The van der Waals surface area contributed by atoms with E-state index in [4.69, 9.17) is 9.47 Å². The first-order valence-electron chi connectivity index (χ1n) is 4.80. The van der Waals surface area contributed by atoms with Gasteiger partial charge in [0.25, 0.3) is 0 Å². The van der Waals surface area contributed by atoms with Gasteiger partial charge in [-0.05, 0) is 0 Å². The highest BCUT2D eigenvalue weighted by molar-refractivity contribution is 6.01. The van der Waals surface area contributed by atoms with Crippen molar-refractivity contribution in [2.24, 2.45) is 0 Å². The van der Waals surface area contributed by atoms with E-state index in [-0.39, 0.29) is 11.4 Å². The molecule has 0 spiro atoms. The van der Waals surface area contributed by atoms with Gasteiger partial charge in [-0.25, -0.2) is 4.98 Å². The second-order valence-electron chi connectivity index (χ2n) is 3.28. The van der Waals surface area contributed by atoms with Crippen LogP contribution < -0.4 is 9.47 Å². The van der Waals surface area contributed by atoms with E-state index in [2.05, 4.69) is 9.97 Å². The number of imidazole rings is 1. The number of aromatic amines is 1. The van der Waals surface area contributed by atoms with Gasteiger partial charge in [0.1, 0.15) is 22.5 Å². The van der Waals surface area contributed by atoms with Crippen LogP contribution in [0.1, 0.15) is 21.0 Å². The molecule has 2 aromatic rings. The van der Waals surface area contributed by atoms with Gasteiger partial charge in [-0.2, -0.15) is 0 Å². The molecule has 0 saturated carbocycles. The van der Waals surface area contributed by atoms with Crippen molar-refractivity contribution in [3.05, 3.63) is 17.5 Å². The molecular formula is C11H10N2O4. The molecule has 17 heavy (non-hydrogen) atoms. The summed E-state index contributed by atoms with van der Waals surface area (Å²) in [5.41, 5.74) is 1.14. The first-order valence-corrected chi connectivity index (χ1v) is 4.80. The largest absolute Gasteiger partial charge is 0.496 e. The summed E-state index contributed by atoms with van der Waals surface area (Å²) in [5.74, 6) is 0.950. The van der Waals surface area contributed by atoms with Gasteiger partial charge in [-0.1, -0.05) is 0 Å². The fourth-order valence-electron chi connectivity index (χ4n) is 1.65. The molecule has 1 aromatic heterocycles. The second kappa shape index (κ2) is 4.25. The molecule has 2 rings (SSSR count). The van der Waals surface area contributed by atoms with Gasteiger partial charge >= 0.3 is 0 Å². The van der Waals surface area contributed by atoms with Crippen molar-refractivity contribution in [3.8, 4) is 11.5 Å². The minimum atomic E-state index is 0.134. The van der Waals surface area contributed by atoms with Gasteiger partial charge in [0, 0.05) is 6.07 Å². The molecular weight excluding hydrogens is 224 g/mol. The number of carbonyl (C=O) groups is 2. The molecule has 88 valence electrons. The van der Waals surface area contributed by atoms with Gasteiger partial charge in [0.2, 0.25) is 0 Å². The lowest BCUT2D eigenvalue weighted by Crippen LogP contribution is -1.94. The number of methoxy groups -OCH3 is 2. The molecule has 6 nitrogen and oxygen atoms in total. The minimum Gasteiger partial charge on any atom is -0.496 e. The zero-order chi connectivity index (χ0) is 12.4. The molecule has 0 amide bonds. The smallest absolute Gasteiger partial charge is 0.185 e. The maximum atomic E-state index is 11.0. The summed E-state index contributed by atoms with van der Waals surface area (Å²) in [5, 5.41) is 0. The van der Waals surface area contributed by atoms with Gasteiger partial charge < -0.3 is 14.5 Å². The maximum Gasteiger partial charge on any atom is 0.185 e. The Balaban J connectivity index is 2.87. The molecule has 0 aliphatic carbocycles. The molecule has 1 aromatic carbocycles. The number of aldehydes is 2. The third-order valence-electron chi connectivity index (χ3n) is 2.42. The zero-order valence-electron chi connectivity index (χ0n) is 9.31. The number of fused-ring (bicyclic) bond motifs is 1. The van der Waals surface area contributed by atoms with Crippen LogP contribution in [0.2, 0.25) is 0 Å². The summed E-state index contributed by atoms with van der Waals surface area (Å²) in [6, 6.07) is 1.57. The van der Waals surface area contributed by atoms with Gasteiger partial charge in [-0.15, -0.1) is 0 Å². The average Bonchev–Trinajstić information content (AvgIpc) is 2.80. The van der Waals surface area contributed by atoms with Crippen LogP contribution in [0.3, 0.4) is 0 Å².